The van der Waals surface area contributed by atoms with Gasteiger partial charge in [0.2, 0.25) is 5.91 Å². The Hall–Kier alpha value is -3.10. The van der Waals surface area contributed by atoms with E-state index in [0.717, 1.165) is 109 Å². The van der Waals surface area contributed by atoms with Gasteiger partial charge in [-0.2, -0.15) is 0 Å². The number of likely N-dealkylation sites (N-methyl/N-ethyl adjacent to an activating group) is 1. The Morgan fingerprint density at radius 3 is 1.18 bits per heavy atom. The number of hydrogen-bond donors (Lipinski definition) is 3. The van der Waals surface area contributed by atoms with Crippen LogP contribution < -0.4 is 5.32 Å². The molecule has 0 aliphatic rings. The van der Waals surface area contributed by atoms with Gasteiger partial charge >= 0.3 is 7.82 Å². The van der Waals surface area contributed by atoms with Crippen molar-refractivity contribution in [1.29, 1.82) is 0 Å². The van der Waals surface area contributed by atoms with Gasteiger partial charge in [-0.1, -0.05) is 270 Å². The van der Waals surface area contributed by atoms with E-state index in [1.165, 1.54) is 128 Å². The summed E-state index contributed by atoms with van der Waals surface area (Å²) in [4.78, 5) is 23.4. The molecule has 0 rings (SSSR count). The van der Waals surface area contributed by atoms with Crippen LogP contribution in [-0.2, 0) is 18.4 Å². The minimum atomic E-state index is -4.38. The molecule has 9 heteroatoms. The molecule has 78 heavy (non-hydrogen) atoms. The molecule has 3 N–H and O–H groups in total. The summed E-state index contributed by atoms with van der Waals surface area (Å²) in [7, 11) is 1.52. The number of rotatable bonds is 57. The molecule has 0 saturated heterocycles. The highest BCUT2D eigenvalue weighted by molar-refractivity contribution is 7.47. The zero-order valence-corrected chi connectivity index (χ0v) is 52.0. The van der Waals surface area contributed by atoms with Crippen LogP contribution in [0.1, 0.15) is 258 Å². The van der Waals surface area contributed by atoms with E-state index in [2.05, 4.69) is 129 Å². The van der Waals surface area contributed by atoms with E-state index < -0.39 is 20.0 Å². The average molecular weight is 1110 g/mol. The first kappa shape index (κ1) is 74.9. The molecule has 0 fully saturated rings. The molecule has 0 spiro atoms. The molecule has 8 nitrogen and oxygen atoms in total. The topological polar surface area (TPSA) is 105 Å². The van der Waals surface area contributed by atoms with Crippen LogP contribution in [-0.4, -0.2) is 73.4 Å². The minimum absolute atomic E-state index is 0.0425. The molecule has 3 atom stereocenters. The van der Waals surface area contributed by atoms with Crippen LogP contribution in [0.4, 0.5) is 0 Å². The summed E-state index contributed by atoms with van der Waals surface area (Å²) < 4.78 is 23.7. The molecule has 3 unspecified atom stereocenters. The van der Waals surface area contributed by atoms with Crippen molar-refractivity contribution in [3.63, 3.8) is 0 Å². The van der Waals surface area contributed by atoms with Gasteiger partial charge in [0.25, 0.3) is 0 Å². The van der Waals surface area contributed by atoms with Crippen LogP contribution in [0.5, 0.6) is 0 Å². The summed E-state index contributed by atoms with van der Waals surface area (Å²) in [6.07, 6.45) is 87.6. The second-order valence-corrected chi connectivity index (χ2v) is 23.8. The number of unbranched alkanes of at least 4 members (excludes halogenated alkanes) is 26. The van der Waals surface area contributed by atoms with Crippen molar-refractivity contribution in [3.8, 4) is 0 Å². The number of carbonyl (C=O) groups excluding carboxylic acids is 1. The summed E-state index contributed by atoms with van der Waals surface area (Å²) in [5, 5.41) is 13.9. The second kappa shape index (κ2) is 58.6. The van der Waals surface area contributed by atoms with Crippen LogP contribution in [0, 0.1) is 0 Å². The molecule has 0 bridgehead atoms. The van der Waals surface area contributed by atoms with Crippen molar-refractivity contribution in [3.05, 3.63) is 122 Å². The second-order valence-electron chi connectivity index (χ2n) is 22.4. The van der Waals surface area contributed by atoms with Crippen molar-refractivity contribution in [1.82, 2.24) is 5.32 Å². The number of aliphatic hydroxyl groups is 1. The van der Waals surface area contributed by atoms with Gasteiger partial charge < -0.3 is 19.8 Å². The lowest BCUT2D eigenvalue weighted by molar-refractivity contribution is -0.870. The third kappa shape index (κ3) is 60.5. The fourth-order valence-electron chi connectivity index (χ4n) is 8.70. The molecule has 0 saturated carbocycles. The lowest BCUT2D eigenvalue weighted by Crippen LogP contribution is -2.45. The number of hydrogen-bond acceptors (Lipinski definition) is 5. The Kier molecular flexibility index (Phi) is 56.2. The van der Waals surface area contributed by atoms with Crippen LogP contribution in [0.15, 0.2) is 122 Å². The summed E-state index contributed by atoms with van der Waals surface area (Å²) in [5.41, 5.74) is 0. The molecule has 448 valence electrons. The van der Waals surface area contributed by atoms with Crippen molar-refractivity contribution < 1.29 is 32.9 Å². The lowest BCUT2D eigenvalue weighted by Gasteiger charge is -2.25. The highest BCUT2D eigenvalue weighted by atomic mass is 31.2. The number of phosphoric acid groups is 1. The first-order valence-electron chi connectivity index (χ1n) is 31.9. The van der Waals surface area contributed by atoms with Gasteiger partial charge in [0, 0.05) is 6.42 Å². The first-order valence-corrected chi connectivity index (χ1v) is 33.4. The molecule has 0 aliphatic carbocycles. The summed E-state index contributed by atoms with van der Waals surface area (Å²) in [6.45, 7) is 4.66. The maximum Gasteiger partial charge on any atom is 0.472 e. The quantitative estimate of drug-likeness (QED) is 0.0243. The highest BCUT2D eigenvalue weighted by Crippen LogP contribution is 2.43. The Morgan fingerprint density at radius 2 is 0.782 bits per heavy atom. The number of nitrogens with zero attached hydrogens (tertiary/aromatic N) is 1. The number of allylic oxidation sites excluding steroid dienone is 19. The number of aliphatic hydroxyl groups excluding tert-OH is 1. The maximum atomic E-state index is 13.0. The van der Waals surface area contributed by atoms with E-state index in [1.807, 2.05) is 27.2 Å². The summed E-state index contributed by atoms with van der Waals surface area (Å²) >= 11 is 0. The Labute approximate surface area is 482 Å². The Bertz CT molecular complexity index is 1680. The van der Waals surface area contributed by atoms with Crippen LogP contribution in [0.25, 0.3) is 0 Å². The van der Waals surface area contributed by atoms with Crippen molar-refractivity contribution in [2.75, 3.05) is 40.9 Å². The van der Waals surface area contributed by atoms with E-state index >= 15 is 0 Å². The van der Waals surface area contributed by atoms with Crippen LogP contribution in [0.2, 0.25) is 0 Å². The van der Waals surface area contributed by atoms with Gasteiger partial charge in [-0.05, 0) is 103 Å². The van der Waals surface area contributed by atoms with E-state index in [4.69, 9.17) is 9.05 Å². The zero-order chi connectivity index (χ0) is 57.0. The normalized spacial score (nSPS) is 14.6. The van der Waals surface area contributed by atoms with Crippen molar-refractivity contribution in [2.24, 2.45) is 0 Å². The molecular formula is C69H122N2O6P+. The molecule has 0 aromatic carbocycles. The third-order valence-electron chi connectivity index (χ3n) is 13.6. The molecular weight excluding hydrogens is 984 g/mol. The standard InChI is InChI=1S/C69H121N2O6P/c1-6-8-10-12-14-16-18-20-22-24-26-28-30-32-34-35-37-38-40-42-44-46-48-50-52-54-56-58-60-62-68(72)67(66-77-78(74,75)76-65-64-71(3,4)5)70-69(73)63-61-59-57-55-53-51-49-47-45-43-41-39-36-33-31-29-27-25-23-21-19-17-15-13-11-9-7-2/h9,11,15,17,21,23,27,29,33,36,41,43-44,46-47,49,52,54,60,62,67-68,72H,6-8,10,12-14,16,18-20,22,24-26,28,30-32,34-35,37-40,42,45,48,50-51,53,55-59,61,63-66H2,1-5H3,(H-,70,73,74,75)/p+1/b11-9-,17-15-,23-21-,29-27-,36-33-,43-41-,46-44+,49-47-,54-52+,62-60+. The van der Waals surface area contributed by atoms with Gasteiger partial charge in [-0.15, -0.1) is 0 Å². The van der Waals surface area contributed by atoms with Crippen LogP contribution >= 0.6 is 7.82 Å². The molecule has 0 aromatic rings. The minimum Gasteiger partial charge on any atom is -0.387 e. The molecule has 0 aliphatic heterocycles. The SMILES string of the molecule is CC/C=C\C/C=C\C/C=C\C/C=C\C/C=C\C/C=C\C/C=C\CCCCCCCC(=O)NC(COP(=O)(O)OCC[N+](C)(C)C)C(O)/C=C/CC/C=C/CC/C=C/CCCCCCCCCCCCCCCCCCCCC. The number of phosphoric ester groups is 1. The number of carbonyl (C=O) groups is 1. The predicted molar refractivity (Wildman–Crippen MR) is 341 cm³/mol. The van der Waals surface area contributed by atoms with Gasteiger partial charge in [0.1, 0.15) is 13.2 Å². The van der Waals surface area contributed by atoms with E-state index in [0.29, 0.717) is 17.4 Å². The van der Waals surface area contributed by atoms with Crippen molar-refractivity contribution >= 4 is 13.7 Å². The average Bonchev–Trinajstić information content (AvgIpc) is 3.41. The fourth-order valence-corrected chi connectivity index (χ4v) is 9.44. The smallest absolute Gasteiger partial charge is 0.387 e. The van der Waals surface area contributed by atoms with E-state index in [1.54, 1.807) is 6.08 Å². The fraction of sp³-hybridized carbons (Fsp3) is 0.696. The molecule has 1 amide bonds. The maximum absolute atomic E-state index is 13.0. The largest absolute Gasteiger partial charge is 0.472 e. The van der Waals surface area contributed by atoms with E-state index in [9.17, 15) is 19.4 Å². The number of quaternary nitrogens is 1. The summed E-state index contributed by atoms with van der Waals surface area (Å²) in [6, 6.07) is -0.892. The van der Waals surface area contributed by atoms with Gasteiger partial charge in [0.15, 0.2) is 0 Å². The highest BCUT2D eigenvalue weighted by Gasteiger charge is 2.27. The van der Waals surface area contributed by atoms with Gasteiger partial charge in [-0.25, -0.2) is 4.57 Å². The van der Waals surface area contributed by atoms with Crippen LogP contribution in [0.3, 0.4) is 0 Å². The monoisotopic (exact) mass is 1110 g/mol. The molecule has 0 heterocycles. The first-order chi connectivity index (χ1) is 38.0. The molecule has 0 radical (unpaired) electrons. The third-order valence-corrected chi connectivity index (χ3v) is 14.6. The molecule has 0 aromatic heterocycles. The van der Waals surface area contributed by atoms with Crippen molar-refractivity contribution in [2.45, 2.75) is 270 Å². The Balaban J connectivity index is 4.30. The lowest BCUT2D eigenvalue weighted by atomic mass is 10.0. The van der Waals surface area contributed by atoms with Gasteiger partial charge in [0.05, 0.1) is 39.9 Å². The summed E-state index contributed by atoms with van der Waals surface area (Å²) in [5.74, 6) is -0.213. The number of nitrogens with one attached hydrogen (secondary N) is 1. The Morgan fingerprint density at radius 1 is 0.449 bits per heavy atom. The zero-order valence-electron chi connectivity index (χ0n) is 51.1. The predicted octanol–water partition coefficient (Wildman–Crippen LogP) is 20.1. The van der Waals surface area contributed by atoms with Gasteiger partial charge in [-0.3, -0.25) is 13.8 Å². The van der Waals surface area contributed by atoms with E-state index in [-0.39, 0.29) is 19.1 Å². The number of amides is 1.